The molecule has 8 heteroatoms. The summed E-state index contributed by atoms with van der Waals surface area (Å²) in [5, 5.41) is 8.82. The smallest absolute Gasteiger partial charge is 0.387 e. The molecule has 0 aromatic heterocycles. The third kappa shape index (κ3) is 5.32. The number of nitrogens with zero attached hydrogens (tertiary/aromatic N) is 3. The van der Waals surface area contributed by atoms with Gasteiger partial charge in [-0.15, -0.1) is 0 Å². The number of rotatable bonds is 6. The highest BCUT2D eigenvalue weighted by atomic mass is 19.3. The second-order valence-corrected chi connectivity index (χ2v) is 6.86. The molecule has 2 aromatic rings. The minimum absolute atomic E-state index is 0.00658. The Labute approximate surface area is 173 Å². The average Bonchev–Trinajstić information content (AvgIpc) is 2.77. The van der Waals surface area contributed by atoms with Gasteiger partial charge >= 0.3 is 6.61 Å². The second-order valence-electron chi connectivity index (χ2n) is 6.86. The zero-order chi connectivity index (χ0) is 21.5. The molecule has 1 aliphatic heterocycles. The van der Waals surface area contributed by atoms with Gasteiger partial charge in [-0.05, 0) is 36.2 Å². The fraction of sp³-hybridized carbons (Fsp3) is 0.318. The Morgan fingerprint density at radius 2 is 1.63 bits per heavy atom. The molecule has 156 valence electrons. The Hall–Kier alpha value is -3.47. The number of para-hydroxylation sites is 1. The summed E-state index contributed by atoms with van der Waals surface area (Å²) >= 11 is 0. The van der Waals surface area contributed by atoms with Crippen LogP contribution in [0.2, 0.25) is 0 Å². The first kappa shape index (κ1) is 21.2. The molecule has 1 fully saturated rings. The number of carbonyl (C=O) groups excluding carboxylic acids is 2. The zero-order valence-electron chi connectivity index (χ0n) is 16.3. The lowest BCUT2D eigenvalue weighted by Gasteiger charge is -2.35. The van der Waals surface area contributed by atoms with E-state index in [2.05, 4.69) is 10.8 Å². The number of halogens is 2. The molecular formula is C22H21F2N3O3. The van der Waals surface area contributed by atoms with Crippen molar-refractivity contribution < 1.29 is 23.1 Å². The fourth-order valence-corrected chi connectivity index (χ4v) is 3.33. The number of alkyl halides is 2. The summed E-state index contributed by atoms with van der Waals surface area (Å²) in [6.45, 7) is -1.59. The van der Waals surface area contributed by atoms with Crippen LogP contribution in [0.5, 0.6) is 5.75 Å². The van der Waals surface area contributed by atoms with E-state index in [1.54, 1.807) is 23.1 Å². The first-order chi connectivity index (χ1) is 14.5. The molecule has 0 radical (unpaired) electrons. The summed E-state index contributed by atoms with van der Waals surface area (Å²) in [6, 6.07) is 15.1. The maximum atomic E-state index is 12.7. The van der Waals surface area contributed by atoms with Crippen molar-refractivity contribution in [1.29, 1.82) is 5.26 Å². The zero-order valence-corrected chi connectivity index (χ0v) is 16.3. The number of ether oxygens (including phenoxy) is 1. The quantitative estimate of drug-likeness (QED) is 0.730. The summed E-state index contributed by atoms with van der Waals surface area (Å²) in [4.78, 5) is 28.4. The molecule has 0 atom stereocenters. The Balaban J connectivity index is 1.52. The van der Waals surface area contributed by atoms with Gasteiger partial charge in [0.2, 0.25) is 5.91 Å². The normalized spacial score (nSPS) is 13.8. The van der Waals surface area contributed by atoms with Gasteiger partial charge in [0.25, 0.3) is 5.91 Å². The van der Waals surface area contributed by atoms with Gasteiger partial charge in [-0.3, -0.25) is 9.59 Å². The minimum atomic E-state index is -3.01. The van der Waals surface area contributed by atoms with E-state index in [1.165, 1.54) is 23.1 Å². The van der Waals surface area contributed by atoms with E-state index < -0.39 is 12.5 Å². The number of hydrogen-bond acceptors (Lipinski definition) is 4. The van der Waals surface area contributed by atoms with Crippen molar-refractivity contribution in [2.45, 2.75) is 19.5 Å². The van der Waals surface area contributed by atoms with E-state index in [1.807, 2.05) is 12.1 Å². The first-order valence-corrected chi connectivity index (χ1v) is 9.58. The third-order valence-corrected chi connectivity index (χ3v) is 4.96. The number of piperazine rings is 1. The molecule has 1 saturated heterocycles. The third-order valence-electron chi connectivity index (χ3n) is 4.96. The number of nitriles is 1. The lowest BCUT2D eigenvalue weighted by molar-refractivity contribution is -0.132. The van der Waals surface area contributed by atoms with Gasteiger partial charge in [0.1, 0.15) is 5.75 Å². The van der Waals surface area contributed by atoms with Crippen molar-refractivity contribution >= 4 is 11.8 Å². The largest absolute Gasteiger partial charge is 0.434 e. The van der Waals surface area contributed by atoms with Crippen molar-refractivity contribution in [3.05, 3.63) is 65.2 Å². The average molecular weight is 413 g/mol. The van der Waals surface area contributed by atoms with Crippen LogP contribution < -0.4 is 4.74 Å². The molecule has 0 aliphatic carbocycles. The molecule has 0 spiro atoms. The van der Waals surface area contributed by atoms with Crippen LogP contribution in [0.4, 0.5) is 8.78 Å². The van der Waals surface area contributed by atoms with Crippen LogP contribution in [0, 0.1) is 11.3 Å². The van der Waals surface area contributed by atoms with Crippen LogP contribution in [0.1, 0.15) is 27.9 Å². The molecule has 30 heavy (non-hydrogen) atoms. The van der Waals surface area contributed by atoms with Gasteiger partial charge in [0.15, 0.2) is 0 Å². The van der Waals surface area contributed by atoms with E-state index in [0.29, 0.717) is 44.6 Å². The topological polar surface area (TPSA) is 73.6 Å². The fourth-order valence-electron chi connectivity index (χ4n) is 3.33. The van der Waals surface area contributed by atoms with Gasteiger partial charge in [-0.1, -0.05) is 24.3 Å². The van der Waals surface area contributed by atoms with Gasteiger partial charge in [-0.2, -0.15) is 14.0 Å². The summed E-state index contributed by atoms with van der Waals surface area (Å²) in [5.41, 5.74) is 1.64. The predicted octanol–water partition coefficient (Wildman–Crippen LogP) is 3.08. The number of hydrogen-bond donors (Lipinski definition) is 0. The molecule has 0 bridgehead atoms. The molecule has 0 N–H and O–H groups in total. The van der Waals surface area contributed by atoms with Gasteiger partial charge in [0.05, 0.1) is 17.2 Å². The Morgan fingerprint density at radius 1 is 1.00 bits per heavy atom. The van der Waals surface area contributed by atoms with Gasteiger partial charge in [-0.25, -0.2) is 0 Å². The highest BCUT2D eigenvalue weighted by Gasteiger charge is 2.26. The number of aryl methyl sites for hydroxylation is 1. The van der Waals surface area contributed by atoms with Crippen LogP contribution in [-0.2, 0) is 11.2 Å². The van der Waals surface area contributed by atoms with Crippen LogP contribution in [0.25, 0.3) is 0 Å². The molecule has 6 nitrogen and oxygen atoms in total. The van der Waals surface area contributed by atoms with E-state index in [0.717, 1.165) is 5.56 Å². The standard InChI is InChI=1S/C22H21F2N3O3/c23-22(24)30-19-4-2-1-3-18(19)21(29)27-13-11-26(12-14-27)20(28)10-9-16-5-7-17(15-25)8-6-16/h1-8,22H,9-14H2. The molecule has 1 aliphatic rings. The SMILES string of the molecule is N#Cc1ccc(CCC(=O)N2CCN(C(=O)c3ccccc3OC(F)F)CC2)cc1. The van der Waals surface area contributed by atoms with E-state index in [-0.39, 0.29) is 17.2 Å². The maximum absolute atomic E-state index is 12.7. The summed E-state index contributed by atoms with van der Waals surface area (Å²) < 4.78 is 29.6. The molecule has 1 heterocycles. The van der Waals surface area contributed by atoms with E-state index in [4.69, 9.17) is 5.26 Å². The highest BCUT2D eigenvalue weighted by Crippen LogP contribution is 2.22. The van der Waals surface area contributed by atoms with Gasteiger partial charge in [0, 0.05) is 32.6 Å². The molecule has 0 saturated carbocycles. The van der Waals surface area contributed by atoms with E-state index in [9.17, 15) is 18.4 Å². The Kier molecular flexibility index (Phi) is 6.96. The lowest BCUT2D eigenvalue weighted by Crippen LogP contribution is -2.50. The first-order valence-electron chi connectivity index (χ1n) is 9.58. The Morgan fingerprint density at radius 3 is 2.27 bits per heavy atom. The van der Waals surface area contributed by atoms with Crippen molar-refractivity contribution in [2.24, 2.45) is 0 Å². The summed E-state index contributed by atoms with van der Waals surface area (Å²) in [5.74, 6) is -0.553. The highest BCUT2D eigenvalue weighted by molar-refractivity contribution is 5.97. The second kappa shape index (κ2) is 9.83. The molecule has 2 amide bonds. The van der Waals surface area contributed by atoms with Crippen molar-refractivity contribution in [3.8, 4) is 11.8 Å². The van der Waals surface area contributed by atoms with Crippen LogP contribution in [0.3, 0.4) is 0 Å². The maximum Gasteiger partial charge on any atom is 0.387 e. The monoisotopic (exact) mass is 413 g/mol. The van der Waals surface area contributed by atoms with Crippen LogP contribution >= 0.6 is 0 Å². The molecule has 0 unspecified atom stereocenters. The summed E-state index contributed by atoms with van der Waals surface area (Å²) in [7, 11) is 0. The number of benzene rings is 2. The Bertz CT molecular complexity index is 933. The molecule has 3 rings (SSSR count). The molecular weight excluding hydrogens is 392 g/mol. The van der Waals surface area contributed by atoms with Crippen LogP contribution in [0.15, 0.2) is 48.5 Å². The molecule has 2 aromatic carbocycles. The van der Waals surface area contributed by atoms with Crippen molar-refractivity contribution in [3.63, 3.8) is 0 Å². The lowest BCUT2D eigenvalue weighted by atomic mass is 10.1. The van der Waals surface area contributed by atoms with Crippen molar-refractivity contribution in [1.82, 2.24) is 9.80 Å². The number of amides is 2. The van der Waals surface area contributed by atoms with Crippen LogP contribution in [-0.4, -0.2) is 54.4 Å². The van der Waals surface area contributed by atoms with Crippen molar-refractivity contribution in [2.75, 3.05) is 26.2 Å². The predicted molar refractivity (Wildman–Crippen MR) is 105 cm³/mol. The summed E-state index contributed by atoms with van der Waals surface area (Å²) in [6.07, 6.45) is 0.910. The number of carbonyl (C=O) groups is 2. The minimum Gasteiger partial charge on any atom is -0.434 e. The van der Waals surface area contributed by atoms with Gasteiger partial charge < -0.3 is 14.5 Å². The van der Waals surface area contributed by atoms with E-state index >= 15 is 0 Å².